The fraction of sp³-hybridized carbons (Fsp3) is 0.273. The molecule has 0 saturated heterocycles. The third-order valence-electron chi connectivity index (χ3n) is 1.96. The molecular weight excluding hydrogens is 226 g/mol. The van der Waals surface area contributed by atoms with Gasteiger partial charge in [0.25, 0.3) is 0 Å². The van der Waals surface area contributed by atoms with Crippen LogP contribution in [-0.4, -0.2) is 35.3 Å². The predicted molar refractivity (Wildman–Crippen MR) is 60.2 cm³/mol. The van der Waals surface area contributed by atoms with E-state index >= 15 is 0 Å². The summed E-state index contributed by atoms with van der Waals surface area (Å²) in [6.45, 7) is 2.06. The molecule has 1 aromatic carbocycles. The molecule has 1 amide bonds. The molecule has 0 aliphatic heterocycles. The van der Waals surface area contributed by atoms with E-state index in [1.807, 2.05) is 0 Å². The number of hydrogen-bond acceptors (Lipinski definition) is 4. The summed E-state index contributed by atoms with van der Waals surface area (Å²) in [5, 5.41) is 20.6. The Labute approximate surface area is 97.8 Å². The molecule has 0 radical (unpaired) electrons. The number of carbonyl (C=O) groups excluding carboxylic acids is 1. The second-order valence-corrected chi connectivity index (χ2v) is 3.22. The monoisotopic (exact) mass is 239 g/mol. The van der Waals surface area contributed by atoms with Crippen molar-refractivity contribution in [2.45, 2.75) is 6.92 Å². The van der Waals surface area contributed by atoms with Crippen LogP contribution in [0.5, 0.6) is 5.75 Å². The van der Waals surface area contributed by atoms with Gasteiger partial charge >= 0.3 is 5.97 Å². The van der Waals surface area contributed by atoms with Gasteiger partial charge < -0.3 is 20.3 Å². The summed E-state index contributed by atoms with van der Waals surface area (Å²) in [4.78, 5) is 21.9. The summed E-state index contributed by atoms with van der Waals surface area (Å²) in [5.74, 6) is -1.85. The van der Waals surface area contributed by atoms with Gasteiger partial charge in [0, 0.05) is 6.61 Å². The number of carbonyl (C=O) groups is 2. The van der Waals surface area contributed by atoms with Crippen molar-refractivity contribution < 1.29 is 24.5 Å². The lowest BCUT2D eigenvalue weighted by Crippen LogP contribution is -2.18. The van der Waals surface area contributed by atoms with Crippen molar-refractivity contribution in [2.75, 3.05) is 18.5 Å². The molecule has 6 heteroatoms. The average Bonchev–Trinajstić information content (AvgIpc) is 2.28. The van der Waals surface area contributed by atoms with E-state index in [1.54, 1.807) is 6.92 Å². The Hall–Kier alpha value is -2.08. The van der Waals surface area contributed by atoms with Crippen LogP contribution in [-0.2, 0) is 9.53 Å². The lowest BCUT2D eigenvalue weighted by Gasteiger charge is -2.07. The van der Waals surface area contributed by atoms with Crippen LogP contribution >= 0.6 is 0 Å². The highest BCUT2D eigenvalue weighted by molar-refractivity contribution is 5.95. The van der Waals surface area contributed by atoms with Crippen LogP contribution in [0.3, 0.4) is 0 Å². The van der Waals surface area contributed by atoms with Gasteiger partial charge in [0.2, 0.25) is 5.91 Å². The SMILES string of the molecule is CCOCC(=O)Nc1ccc(C(=O)O)cc1O. The molecule has 1 rings (SSSR count). The number of benzene rings is 1. The normalized spacial score (nSPS) is 9.94. The standard InChI is InChI=1S/C11H13NO5/c1-2-17-6-10(14)12-8-4-3-7(11(15)16)5-9(8)13/h3-5,13H,2,6H2,1H3,(H,12,14)(H,15,16). The summed E-state index contributed by atoms with van der Waals surface area (Å²) in [5.41, 5.74) is 0.102. The van der Waals surface area contributed by atoms with Gasteiger partial charge in [-0.15, -0.1) is 0 Å². The van der Waals surface area contributed by atoms with Crippen molar-refractivity contribution in [3.63, 3.8) is 0 Å². The molecule has 1 aromatic rings. The van der Waals surface area contributed by atoms with Gasteiger partial charge in [0.15, 0.2) is 0 Å². The molecule has 0 atom stereocenters. The third-order valence-corrected chi connectivity index (χ3v) is 1.96. The minimum absolute atomic E-state index is 0.0506. The average molecular weight is 239 g/mol. The Kier molecular flexibility index (Phi) is 4.47. The van der Waals surface area contributed by atoms with Crippen molar-refractivity contribution in [3.05, 3.63) is 23.8 Å². The number of carboxylic acid groups (broad SMARTS) is 1. The highest BCUT2D eigenvalue weighted by atomic mass is 16.5. The smallest absolute Gasteiger partial charge is 0.335 e. The maximum absolute atomic E-state index is 11.3. The van der Waals surface area contributed by atoms with Crippen LogP contribution in [0.4, 0.5) is 5.69 Å². The van der Waals surface area contributed by atoms with Crippen molar-refractivity contribution >= 4 is 17.6 Å². The molecule has 0 bridgehead atoms. The second-order valence-electron chi connectivity index (χ2n) is 3.22. The van der Waals surface area contributed by atoms with E-state index < -0.39 is 11.9 Å². The number of anilines is 1. The Balaban J connectivity index is 2.72. The van der Waals surface area contributed by atoms with E-state index in [-0.39, 0.29) is 23.6 Å². The maximum atomic E-state index is 11.3. The van der Waals surface area contributed by atoms with Crippen LogP contribution in [0, 0.1) is 0 Å². The quantitative estimate of drug-likeness (QED) is 0.668. The van der Waals surface area contributed by atoms with Crippen LogP contribution in [0.1, 0.15) is 17.3 Å². The molecule has 0 heterocycles. The van der Waals surface area contributed by atoms with E-state index in [1.165, 1.54) is 12.1 Å². The summed E-state index contributed by atoms with van der Waals surface area (Å²) in [6.07, 6.45) is 0. The van der Waals surface area contributed by atoms with E-state index in [0.717, 1.165) is 6.07 Å². The number of amides is 1. The maximum Gasteiger partial charge on any atom is 0.335 e. The largest absolute Gasteiger partial charge is 0.506 e. The molecule has 17 heavy (non-hydrogen) atoms. The zero-order chi connectivity index (χ0) is 12.8. The number of nitrogens with one attached hydrogen (secondary N) is 1. The molecule has 0 saturated carbocycles. The highest BCUT2D eigenvalue weighted by Gasteiger charge is 2.09. The molecular formula is C11H13NO5. The molecule has 0 aromatic heterocycles. The fourth-order valence-electron chi connectivity index (χ4n) is 1.15. The van der Waals surface area contributed by atoms with E-state index in [9.17, 15) is 14.7 Å². The molecule has 0 aliphatic rings. The van der Waals surface area contributed by atoms with Crippen LogP contribution < -0.4 is 5.32 Å². The second kappa shape index (κ2) is 5.86. The number of aromatic carboxylic acids is 1. The van der Waals surface area contributed by atoms with Crippen LogP contribution in [0.15, 0.2) is 18.2 Å². The molecule has 6 nitrogen and oxygen atoms in total. The number of phenolic OH excluding ortho intramolecular Hbond substituents is 1. The number of hydrogen-bond donors (Lipinski definition) is 3. The van der Waals surface area contributed by atoms with Crippen molar-refractivity contribution in [3.8, 4) is 5.75 Å². The van der Waals surface area contributed by atoms with Crippen molar-refractivity contribution in [2.24, 2.45) is 0 Å². The van der Waals surface area contributed by atoms with E-state index in [0.29, 0.717) is 6.61 Å². The fourth-order valence-corrected chi connectivity index (χ4v) is 1.15. The van der Waals surface area contributed by atoms with E-state index in [4.69, 9.17) is 9.84 Å². The summed E-state index contributed by atoms with van der Waals surface area (Å²) < 4.78 is 4.88. The first-order chi connectivity index (χ1) is 8.04. The van der Waals surface area contributed by atoms with Gasteiger partial charge in [-0.25, -0.2) is 4.79 Å². The Morgan fingerprint density at radius 1 is 1.41 bits per heavy atom. The Morgan fingerprint density at radius 2 is 2.12 bits per heavy atom. The summed E-state index contributed by atoms with van der Waals surface area (Å²) in [6, 6.07) is 3.68. The molecule has 0 spiro atoms. The van der Waals surface area contributed by atoms with Gasteiger partial charge in [-0.1, -0.05) is 0 Å². The summed E-state index contributed by atoms with van der Waals surface area (Å²) in [7, 11) is 0. The minimum atomic E-state index is -1.15. The first-order valence-electron chi connectivity index (χ1n) is 4.98. The molecule has 0 fully saturated rings. The molecule has 0 aliphatic carbocycles. The Bertz CT molecular complexity index is 430. The third kappa shape index (κ3) is 3.76. The first-order valence-corrected chi connectivity index (χ1v) is 4.98. The molecule has 3 N–H and O–H groups in total. The van der Waals surface area contributed by atoms with Crippen molar-refractivity contribution in [1.82, 2.24) is 0 Å². The van der Waals surface area contributed by atoms with Gasteiger partial charge in [0.05, 0.1) is 11.3 Å². The van der Waals surface area contributed by atoms with Gasteiger partial charge in [-0.2, -0.15) is 0 Å². The lowest BCUT2D eigenvalue weighted by atomic mass is 10.2. The first kappa shape index (κ1) is 13.0. The number of aromatic hydroxyl groups is 1. The number of ether oxygens (including phenoxy) is 1. The lowest BCUT2D eigenvalue weighted by molar-refractivity contribution is -0.120. The Morgan fingerprint density at radius 3 is 2.65 bits per heavy atom. The minimum Gasteiger partial charge on any atom is -0.506 e. The van der Waals surface area contributed by atoms with Gasteiger partial charge in [-0.3, -0.25) is 4.79 Å². The zero-order valence-corrected chi connectivity index (χ0v) is 9.27. The van der Waals surface area contributed by atoms with Gasteiger partial charge in [0.1, 0.15) is 12.4 Å². The predicted octanol–water partition coefficient (Wildman–Crippen LogP) is 1.07. The van der Waals surface area contributed by atoms with E-state index in [2.05, 4.69) is 5.32 Å². The van der Waals surface area contributed by atoms with Gasteiger partial charge in [-0.05, 0) is 25.1 Å². The number of carboxylic acids is 1. The van der Waals surface area contributed by atoms with Crippen LogP contribution in [0.2, 0.25) is 0 Å². The highest BCUT2D eigenvalue weighted by Crippen LogP contribution is 2.24. The zero-order valence-electron chi connectivity index (χ0n) is 9.27. The van der Waals surface area contributed by atoms with Crippen LogP contribution in [0.25, 0.3) is 0 Å². The number of phenols is 1. The molecule has 0 unspecified atom stereocenters. The van der Waals surface area contributed by atoms with Crippen molar-refractivity contribution in [1.29, 1.82) is 0 Å². The molecule has 92 valence electrons. The summed E-state index contributed by atoms with van der Waals surface area (Å²) >= 11 is 0. The topological polar surface area (TPSA) is 95.9 Å². The number of rotatable bonds is 5.